The highest BCUT2D eigenvalue weighted by Gasteiger charge is 2.74. The monoisotopic (exact) mass is 603 g/mol. The van der Waals surface area contributed by atoms with Crippen LogP contribution in [0.3, 0.4) is 0 Å². The van der Waals surface area contributed by atoms with Crippen molar-refractivity contribution >= 4 is 35.2 Å². The van der Waals surface area contributed by atoms with Crippen LogP contribution in [0.5, 0.6) is 5.75 Å². The number of aliphatic hydroxyl groups excluding tert-OH is 1. The van der Waals surface area contributed by atoms with Crippen molar-refractivity contribution in [1.82, 2.24) is 9.80 Å². The summed E-state index contributed by atoms with van der Waals surface area (Å²) in [6.07, 6.45) is 5.21. The molecule has 3 amide bonds. The number of rotatable bonds is 14. The summed E-state index contributed by atoms with van der Waals surface area (Å²) in [6.45, 7) is 11.4. The topological polar surface area (TPSA) is 90.4 Å². The Labute approximate surface area is 258 Å². The number of fused-ring (bicyclic) bond motifs is 1. The quantitative estimate of drug-likeness (QED) is 0.324. The average Bonchev–Trinajstić information content (AvgIpc) is 3.66. The number of hydrogen-bond acceptors (Lipinski definition) is 6. The molecule has 2 aromatic rings. The van der Waals surface area contributed by atoms with Gasteiger partial charge in [-0.05, 0) is 56.0 Å². The smallest absolute Gasteiger partial charge is 0.247 e. The van der Waals surface area contributed by atoms with Gasteiger partial charge in [0.2, 0.25) is 17.7 Å². The second-order valence-corrected chi connectivity index (χ2v) is 12.9. The summed E-state index contributed by atoms with van der Waals surface area (Å²) in [5, 5.41) is 9.62. The number of likely N-dealkylation sites (tertiary alicyclic amines) is 1. The van der Waals surface area contributed by atoms with Crippen LogP contribution in [0.25, 0.3) is 0 Å². The third kappa shape index (κ3) is 5.72. The molecule has 228 valence electrons. The fourth-order valence-electron chi connectivity index (χ4n) is 7.08. The molecule has 3 saturated heterocycles. The molecule has 5 atom stereocenters. The van der Waals surface area contributed by atoms with Gasteiger partial charge in [-0.25, -0.2) is 0 Å². The van der Waals surface area contributed by atoms with Crippen LogP contribution < -0.4 is 9.64 Å². The van der Waals surface area contributed by atoms with Crippen molar-refractivity contribution in [3.8, 4) is 5.75 Å². The molecule has 2 bridgehead atoms. The normalized spacial score (nSPS) is 25.3. The Balaban J connectivity index is 1.49. The molecule has 3 fully saturated rings. The molecule has 8 nitrogen and oxygen atoms in total. The Bertz CT molecular complexity index is 1340. The molecule has 1 N–H and O–H groups in total. The van der Waals surface area contributed by atoms with Gasteiger partial charge in [0.1, 0.15) is 11.8 Å². The Hall–Kier alpha value is -3.56. The summed E-state index contributed by atoms with van der Waals surface area (Å²) in [4.78, 5) is 48.3. The van der Waals surface area contributed by atoms with Gasteiger partial charge in [-0.15, -0.1) is 24.9 Å². The first-order chi connectivity index (χ1) is 20.9. The molecule has 3 aliphatic heterocycles. The highest BCUT2D eigenvalue weighted by molar-refractivity contribution is 8.02. The zero-order valence-electron chi connectivity index (χ0n) is 24.8. The number of benzene rings is 2. The molecule has 3 heterocycles. The number of nitrogens with zero attached hydrogens (tertiary/aromatic N) is 3. The minimum absolute atomic E-state index is 0.0614. The molecule has 0 saturated carbocycles. The number of ether oxygens (including phenoxy) is 1. The maximum atomic E-state index is 14.5. The second-order valence-electron chi connectivity index (χ2n) is 11.3. The van der Waals surface area contributed by atoms with Crippen LogP contribution in [0, 0.1) is 11.8 Å². The van der Waals surface area contributed by atoms with Crippen molar-refractivity contribution in [3.05, 3.63) is 85.5 Å². The van der Waals surface area contributed by atoms with Gasteiger partial charge < -0.3 is 24.5 Å². The van der Waals surface area contributed by atoms with Crippen molar-refractivity contribution in [2.75, 3.05) is 37.7 Å². The summed E-state index contributed by atoms with van der Waals surface area (Å²) in [7, 11) is 0. The summed E-state index contributed by atoms with van der Waals surface area (Å²) in [5.74, 6) is -0.874. The summed E-state index contributed by atoms with van der Waals surface area (Å²) >= 11 is 1.65. The molecule has 5 rings (SSSR count). The van der Waals surface area contributed by atoms with Crippen molar-refractivity contribution in [2.45, 2.75) is 48.8 Å². The standard InChI is InChI=1S/C34H41N3O5S/c1-4-19-35(23-24-11-8-7-9-12-24)33(41)30-34-18-17-27(43-34)28(29(34)32(40)37(30)21-10-22-38)31(39)36(20-5-2)25-13-15-26(16-14-25)42-6-3/h4-5,7-9,11-16,27-30,38H,1-2,6,10,17-23H2,3H3/t27-,28+,29-,30?,34?/m0/s1. The maximum absolute atomic E-state index is 14.5. The minimum Gasteiger partial charge on any atom is -0.494 e. The van der Waals surface area contributed by atoms with E-state index in [1.807, 2.05) is 61.5 Å². The molecular formula is C34H41N3O5S. The number of aliphatic hydroxyl groups is 1. The van der Waals surface area contributed by atoms with Crippen molar-refractivity contribution in [2.24, 2.45) is 11.8 Å². The van der Waals surface area contributed by atoms with Crippen molar-refractivity contribution in [3.63, 3.8) is 0 Å². The van der Waals surface area contributed by atoms with Crippen molar-refractivity contribution < 1.29 is 24.2 Å². The van der Waals surface area contributed by atoms with E-state index in [4.69, 9.17) is 4.74 Å². The van der Waals surface area contributed by atoms with E-state index in [1.54, 1.807) is 38.6 Å². The van der Waals surface area contributed by atoms with E-state index in [2.05, 4.69) is 13.2 Å². The lowest BCUT2D eigenvalue weighted by molar-refractivity contribution is -0.143. The van der Waals surface area contributed by atoms with E-state index in [0.29, 0.717) is 44.8 Å². The van der Waals surface area contributed by atoms with Gasteiger partial charge in [0.05, 0.1) is 23.2 Å². The van der Waals surface area contributed by atoms with Crippen LogP contribution >= 0.6 is 11.8 Å². The zero-order valence-corrected chi connectivity index (χ0v) is 25.6. The van der Waals surface area contributed by atoms with E-state index in [9.17, 15) is 19.5 Å². The summed E-state index contributed by atoms with van der Waals surface area (Å²) in [5.41, 5.74) is 1.70. The lowest BCUT2D eigenvalue weighted by Crippen LogP contribution is -2.55. The maximum Gasteiger partial charge on any atom is 0.247 e. The number of anilines is 1. The highest BCUT2D eigenvalue weighted by atomic mass is 32.2. The summed E-state index contributed by atoms with van der Waals surface area (Å²) < 4.78 is 4.88. The largest absolute Gasteiger partial charge is 0.494 e. The molecule has 9 heteroatoms. The number of thioether (sulfide) groups is 1. The van der Waals surface area contributed by atoms with E-state index in [1.165, 1.54) is 0 Å². The molecule has 2 aromatic carbocycles. The first-order valence-electron chi connectivity index (χ1n) is 15.1. The molecule has 1 spiro atoms. The van der Waals surface area contributed by atoms with Crippen LogP contribution in [0.4, 0.5) is 5.69 Å². The molecule has 3 aliphatic rings. The fraction of sp³-hybridized carbons (Fsp3) is 0.441. The lowest BCUT2D eigenvalue weighted by Gasteiger charge is -2.37. The molecule has 43 heavy (non-hydrogen) atoms. The van der Waals surface area contributed by atoms with Gasteiger partial charge in [-0.2, -0.15) is 0 Å². The predicted octanol–water partition coefficient (Wildman–Crippen LogP) is 4.29. The van der Waals surface area contributed by atoms with E-state index >= 15 is 0 Å². The van der Waals surface area contributed by atoms with Gasteiger partial charge in [0.15, 0.2) is 0 Å². The third-order valence-corrected chi connectivity index (χ3v) is 10.7. The van der Waals surface area contributed by atoms with Gasteiger partial charge >= 0.3 is 0 Å². The van der Waals surface area contributed by atoms with E-state index in [-0.39, 0.29) is 36.1 Å². The Morgan fingerprint density at radius 3 is 2.47 bits per heavy atom. The Morgan fingerprint density at radius 2 is 1.81 bits per heavy atom. The third-order valence-electron chi connectivity index (χ3n) is 8.79. The fourth-order valence-corrected chi connectivity index (χ4v) is 9.29. The van der Waals surface area contributed by atoms with Crippen LogP contribution in [0.2, 0.25) is 0 Å². The Kier molecular flexibility index (Phi) is 9.62. The number of amides is 3. The van der Waals surface area contributed by atoms with Crippen LogP contribution in [0.15, 0.2) is 79.9 Å². The first kappa shape index (κ1) is 30.9. The predicted molar refractivity (Wildman–Crippen MR) is 170 cm³/mol. The highest BCUT2D eigenvalue weighted by Crippen LogP contribution is 2.66. The second kappa shape index (κ2) is 13.4. The van der Waals surface area contributed by atoms with E-state index in [0.717, 1.165) is 17.7 Å². The van der Waals surface area contributed by atoms with Crippen LogP contribution in [0.1, 0.15) is 31.7 Å². The van der Waals surface area contributed by atoms with Crippen LogP contribution in [-0.2, 0) is 20.9 Å². The molecular weight excluding hydrogens is 562 g/mol. The SMILES string of the molecule is C=CCN(Cc1ccccc1)C(=O)C1N(CCCO)C(=O)[C@@H]2[C@H](C(=O)N(CC=C)c3ccc(OCC)cc3)[C@@H]3CCC12S3. The van der Waals surface area contributed by atoms with E-state index < -0.39 is 22.6 Å². The van der Waals surface area contributed by atoms with Gasteiger partial charge in [0, 0.05) is 43.7 Å². The van der Waals surface area contributed by atoms with Gasteiger partial charge in [-0.3, -0.25) is 14.4 Å². The molecule has 0 radical (unpaired) electrons. The van der Waals surface area contributed by atoms with Crippen LogP contribution in [-0.4, -0.2) is 81.5 Å². The Morgan fingerprint density at radius 1 is 1.09 bits per heavy atom. The molecule has 0 aromatic heterocycles. The lowest BCUT2D eigenvalue weighted by atomic mass is 9.70. The van der Waals surface area contributed by atoms with Crippen molar-refractivity contribution in [1.29, 1.82) is 0 Å². The average molecular weight is 604 g/mol. The number of hydrogen-bond donors (Lipinski definition) is 1. The molecule has 0 aliphatic carbocycles. The molecule has 2 unspecified atom stereocenters. The van der Waals surface area contributed by atoms with Gasteiger partial charge in [0.25, 0.3) is 0 Å². The summed E-state index contributed by atoms with van der Waals surface area (Å²) in [6, 6.07) is 16.5. The minimum atomic E-state index is -0.716. The zero-order chi connectivity index (χ0) is 30.6. The number of carbonyl (C=O) groups excluding carboxylic acids is 3. The first-order valence-corrected chi connectivity index (χ1v) is 16.0. The number of carbonyl (C=O) groups is 3. The van der Waals surface area contributed by atoms with Gasteiger partial charge in [-0.1, -0.05) is 42.5 Å².